The van der Waals surface area contributed by atoms with Crippen LogP contribution in [0.3, 0.4) is 0 Å². The number of nitrogens with one attached hydrogen (secondary N) is 1. The third kappa shape index (κ3) is 6.79. The molecule has 1 aromatic carbocycles. The number of benzene rings is 1. The molecule has 1 atom stereocenters. The molecule has 0 unspecified atom stereocenters. The summed E-state index contributed by atoms with van der Waals surface area (Å²) in [4.78, 5) is 23.3. The van der Waals surface area contributed by atoms with E-state index in [4.69, 9.17) is 9.66 Å². The van der Waals surface area contributed by atoms with Crippen LogP contribution in [0.4, 0.5) is 0 Å². The molecular formula is C15H21NO6S. The second-order valence-corrected chi connectivity index (χ2v) is 6.72. The van der Waals surface area contributed by atoms with E-state index in [2.05, 4.69) is 12.2 Å². The first kappa shape index (κ1) is 19.1. The molecule has 1 aromatic rings. The van der Waals surface area contributed by atoms with Crippen LogP contribution in [-0.4, -0.2) is 41.7 Å². The van der Waals surface area contributed by atoms with Gasteiger partial charge in [0.2, 0.25) is 0 Å². The number of amides is 1. The van der Waals surface area contributed by atoms with E-state index in [9.17, 15) is 18.0 Å². The summed E-state index contributed by atoms with van der Waals surface area (Å²) in [5, 5.41) is 11.1. The highest BCUT2D eigenvalue weighted by Gasteiger charge is 2.26. The molecular weight excluding hydrogens is 322 g/mol. The fourth-order valence-corrected chi connectivity index (χ4v) is 2.79. The molecule has 23 heavy (non-hydrogen) atoms. The lowest BCUT2D eigenvalue weighted by Crippen LogP contribution is -2.45. The third-order valence-electron chi connectivity index (χ3n) is 3.29. The smallest absolute Gasteiger partial charge is 0.327 e. The number of aryl methyl sites for hydroxylation is 1. The van der Waals surface area contributed by atoms with E-state index < -0.39 is 33.8 Å². The minimum Gasteiger partial charge on any atom is -0.480 e. The summed E-state index contributed by atoms with van der Waals surface area (Å²) in [5.74, 6) is -3.28. The van der Waals surface area contributed by atoms with Crippen LogP contribution < -0.4 is 5.32 Å². The van der Waals surface area contributed by atoms with Gasteiger partial charge in [0.25, 0.3) is 16.0 Å². The Bertz CT molecular complexity index is 656. The van der Waals surface area contributed by atoms with Crippen LogP contribution in [0.5, 0.6) is 0 Å². The summed E-state index contributed by atoms with van der Waals surface area (Å²) in [6.07, 6.45) is 3.61. The van der Waals surface area contributed by atoms with Gasteiger partial charge in [-0.1, -0.05) is 38.0 Å². The Morgan fingerprint density at radius 2 is 1.87 bits per heavy atom. The molecule has 0 bridgehead atoms. The van der Waals surface area contributed by atoms with Crippen LogP contribution in [-0.2, 0) is 21.3 Å². The highest BCUT2D eigenvalue weighted by atomic mass is 32.2. The Balaban J connectivity index is 2.89. The highest BCUT2D eigenvalue weighted by Crippen LogP contribution is 2.13. The number of carbonyl (C=O) groups excluding carboxylic acids is 1. The third-order valence-corrected chi connectivity index (χ3v) is 4.05. The second kappa shape index (κ2) is 8.64. The molecule has 7 nitrogen and oxygen atoms in total. The second-order valence-electron chi connectivity index (χ2n) is 5.23. The van der Waals surface area contributed by atoms with Crippen molar-refractivity contribution in [3.8, 4) is 0 Å². The first-order valence-electron chi connectivity index (χ1n) is 7.31. The zero-order valence-corrected chi connectivity index (χ0v) is 13.7. The normalized spacial score (nSPS) is 12.6. The lowest BCUT2D eigenvalue weighted by atomic mass is 10.0. The van der Waals surface area contributed by atoms with Gasteiger partial charge in [-0.25, -0.2) is 4.79 Å². The summed E-state index contributed by atoms with van der Waals surface area (Å²) in [5.41, 5.74) is 1.08. The van der Waals surface area contributed by atoms with E-state index in [0.717, 1.165) is 24.8 Å². The molecule has 0 aromatic heterocycles. The van der Waals surface area contributed by atoms with E-state index in [0.29, 0.717) is 12.0 Å². The summed E-state index contributed by atoms with van der Waals surface area (Å²) in [7, 11) is -4.52. The van der Waals surface area contributed by atoms with E-state index in [-0.39, 0.29) is 0 Å². The fraction of sp³-hybridized carbons (Fsp3) is 0.467. The van der Waals surface area contributed by atoms with Crippen LogP contribution >= 0.6 is 0 Å². The first-order valence-corrected chi connectivity index (χ1v) is 8.92. The minimum absolute atomic E-state index is 0.310. The van der Waals surface area contributed by atoms with E-state index in [1.165, 1.54) is 0 Å². The lowest BCUT2D eigenvalue weighted by Gasteiger charge is -2.15. The number of carboxylic acid groups (broad SMARTS) is 1. The maximum absolute atomic E-state index is 12.2. The number of carbonyl (C=O) groups is 2. The Kier molecular flexibility index (Phi) is 7.18. The average Bonchev–Trinajstić information content (AvgIpc) is 2.45. The number of unbranched alkanes of at least 4 members (excludes halogenated alkanes) is 2. The average molecular weight is 343 g/mol. The number of rotatable bonds is 9. The topological polar surface area (TPSA) is 121 Å². The van der Waals surface area contributed by atoms with Gasteiger partial charge >= 0.3 is 5.97 Å². The molecule has 8 heteroatoms. The van der Waals surface area contributed by atoms with Gasteiger partial charge in [0.1, 0.15) is 11.8 Å². The van der Waals surface area contributed by atoms with Crippen molar-refractivity contribution in [2.75, 3.05) is 5.75 Å². The van der Waals surface area contributed by atoms with Gasteiger partial charge in [0, 0.05) is 5.56 Å². The zero-order valence-electron chi connectivity index (χ0n) is 12.9. The molecule has 128 valence electrons. The fourth-order valence-electron chi connectivity index (χ4n) is 2.15. The largest absolute Gasteiger partial charge is 0.480 e. The Labute approximate surface area is 135 Å². The van der Waals surface area contributed by atoms with Crippen molar-refractivity contribution in [3.05, 3.63) is 35.4 Å². The highest BCUT2D eigenvalue weighted by molar-refractivity contribution is 7.85. The van der Waals surface area contributed by atoms with Crippen molar-refractivity contribution < 1.29 is 27.7 Å². The summed E-state index contributed by atoms with van der Waals surface area (Å²) < 4.78 is 30.5. The van der Waals surface area contributed by atoms with Gasteiger partial charge < -0.3 is 10.4 Å². The van der Waals surface area contributed by atoms with Crippen molar-refractivity contribution in [2.24, 2.45) is 0 Å². The van der Waals surface area contributed by atoms with Crippen molar-refractivity contribution in [2.45, 2.75) is 38.6 Å². The standard InChI is InChI=1S/C15H21NO6S/c1-2-3-4-7-11-8-5-6-9-12(11)14(17)16-13(15(18)19)10-23(20,21)22/h5-6,8-9,13H,2-4,7,10H2,1H3,(H,16,17)(H,18,19)(H,20,21,22)/t13-/m0/s1. The molecule has 0 heterocycles. The first-order chi connectivity index (χ1) is 10.7. The zero-order chi connectivity index (χ0) is 17.5. The quantitative estimate of drug-likeness (QED) is 0.461. The van der Waals surface area contributed by atoms with Crippen molar-refractivity contribution in [1.82, 2.24) is 5.32 Å². The van der Waals surface area contributed by atoms with Gasteiger partial charge in [0.05, 0.1) is 0 Å². The molecule has 1 rings (SSSR count). The number of hydrogen-bond acceptors (Lipinski definition) is 4. The number of aliphatic carboxylic acids is 1. The van der Waals surface area contributed by atoms with Crippen LogP contribution in [0, 0.1) is 0 Å². The number of hydrogen-bond donors (Lipinski definition) is 3. The maximum Gasteiger partial charge on any atom is 0.327 e. The van der Waals surface area contributed by atoms with E-state index in [1.807, 2.05) is 0 Å². The van der Waals surface area contributed by atoms with Crippen molar-refractivity contribution in [3.63, 3.8) is 0 Å². The molecule has 0 radical (unpaired) electrons. The maximum atomic E-state index is 12.2. The molecule has 0 saturated heterocycles. The molecule has 0 fully saturated rings. The van der Waals surface area contributed by atoms with Crippen molar-refractivity contribution in [1.29, 1.82) is 0 Å². The summed E-state index contributed by atoms with van der Waals surface area (Å²) in [6.45, 7) is 2.06. The molecule has 3 N–H and O–H groups in total. The van der Waals surface area contributed by atoms with Crippen LogP contribution in [0.15, 0.2) is 24.3 Å². The van der Waals surface area contributed by atoms with Gasteiger partial charge in [0.15, 0.2) is 0 Å². The molecule has 0 spiro atoms. The molecule has 0 aliphatic rings. The predicted molar refractivity (Wildman–Crippen MR) is 85.0 cm³/mol. The number of carboxylic acids is 1. The lowest BCUT2D eigenvalue weighted by molar-refractivity contribution is -0.138. The molecule has 1 amide bonds. The summed E-state index contributed by atoms with van der Waals surface area (Å²) >= 11 is 0. The Morgan fingerprint density at radius 3 is 2.43 bits per heavy atom. The Hall–Kier alpha value is -1.93. The van der Waals surface area contributed by atoms with Gasteiger partial charge in [-0.2, -0.15) is 8.42 Å². The van der Waals surface area contributed by atoms with Crippen LogP contribution in [0.2, 0.25) is 0 Å². The van der Waals surface area contributed by atoms with E-state index in [1.54, 1.807) is 24.3 Å². The summed E-state index contributed by atoms with van der Waals surface area (Å²) in [6, 6.07) is 5.06. The van der Waals surface area contributed by atoms with E-state index >= 15 is 0 Å². The molecule has 0 saturated carbocycles. The van der Waals surface area contributed by atoms with Gasteiger partial charge in [-0.05, 0) is 24.5 Å². The van der Waals surface area contributed by atoms with Crippen LogP contribution in [0.25, 0.3) is 0 Å². The minimum atomic E-state index is -4.52. The van der Waals surface area contributed by atoms with Gasteiger partial charge in [-0.3, -0.25) is 9.35 Å². The predicted octanol–water partition coefficient (Wildman–Crippen LogP) is 1.49. The molecule has 0 aliphatic carbocycles. The molecule has 0 aliphatic heterocycles. The SMILES string of the molecule is CCCCCc1ccccc1C(=O)N[C@@H](CS(=O)(=O)O)C(=O)O. The van der Waals surface area contributed by atoms with Crippen LogP contribution in [0.1, 0.15) is 42.1 Å². The monoisotopic (exact) mass is 343 g/mol. The van der Waals surface area contributed by atoms with Crippen molar-refractivity contribution >= 4 is 22.0 Å². The Morgan fingerprint density at radius 1 is 1.22 bits per heavy atom. The van der Waals surface area contributed by atoms with Gasteiger partial charge in [-0.15, -0.1) is 0 Å².